The molecule has 1 aromatic heterocycles. The fourth-order valence-electron chi connectivity index (χ4n) is 2.22. The summed E-state index contributed by atoms with van der Waals surface area (Å²) in [6, 6.07) is -0.121. The Hall–Kier alpha value is -1.73. The first-order valence-corrected chi connectivity index (χ1v) is 6.33. The molecule has 0 bridgehead atoms. The van der Waals surface area contributed by atoms with Crippen molar-refractivity contribution < 1.29 is 18.0 Å². The molecule has 0 aromatic carbocycles. The summed E-state index contributed by atoms with van der Waals surface area (Å²) in [5.41, 5.74) is 0. The van der Waals surface area contributed by atoms with E-state index < -0.39 is 18.4 Å². The van der Waals surface area contributed by atoms with E-state index in [1.807, 2.05) is 0 Å². The Labute approximate surface area is 108 Å². The zero-order valence-corrected chi connectivity index (χ0v) is 10.2. The number of halogens is 2. The summed E-state index contributed by atoms with van der Waals surface area (Å²) in [7, 11) is 0. The number of anilines is 1. The van der Waals surface area contributed by atoms with E-state index in [0.29, 0.717) is 13.0 Å². The van der Waals surface area contributed by atoms with Gasteiger partial charge in [0, 0.05) is 12.6 Å². The van der Waals surface area contributed by atoms with E-state index in [1.54, 1.807) is 4.90 Å². The Morgan fingerprint density at radius 2 is 2.16 bits per heavy atom. The predicted octanol–water partition coefficient (Wildman–Crippen LogP) is 1.25. The van der Waals surface area contributed by atoms with Crippen LogP contribution in [0.15, 0.2) is 4.42 Å². The van der Waals surface area contributed by atoms with Crippen molar-refractivity contribution in [1.82, 2.24) is 15.5 Å². The fourth-order valence-corrected chi connectivity index (χ4v) is 2.22. The van der Waals surface area contributed by atoms with Crippen molar-refractivity contribution in [3.05, 3.63) is 5.89 Å². The molecule has 19 heavy (non-hydrogen) atoms. The van der Waals surface area contributed by atoms with Gasteiger partial charge in [0.25, 0.3) is 5.89 Å². The van der Waals surface area contributed by atoms with E-state index in [-0.39, 0.29) is 18.0 Å². The highest BCUT2D eigenvalue weighted by atomic mass is 19.3. The number of hydrogen-bond acceptors (Lipinski definition) is 5. The number of amides is 1. The van der Waals surface area contributed by atoms with E-state index in [4.69, 9.17) is 4.42 Å². The quantitative estimate of drug-likeness (QED) is 0.893. The van der Waals surface area contributed by atoms with Gasteiger partial charge in [0.15, 0.2) is 0 Å². The lowest BCUT2D eigenvalue weighted by Crippen LogP contribution is -2.44. The maximum absolute atomic E-state index is 12.4. The molecule has 1 aliphatic heterocycles. The van der Waals surface area contributed by atoms with Gasteiger partial charge in [-0.3, -0.25) is 4.79 Å². The maximum atomic E-state index is 12.4. The molecule has 1 atom stereocenters. The van der Waals surface area contributed by atoms with E-state index >= 15 is 0 Å². The van der Waals surface area contributed by atoms with Crippen LogP contribution in [-0.4, -0.2) is 34.7 Å². The van der Waals surface area contributed by atoms with Gasteiger partial charge >= 0.3 is 12.4 Å². The van der Waals surface area contributed by atoms with Crippen LogP contribution in [0.2, 0.25) is 0 Å². The van der Waals surface area contributed by atoms with Crippen molar-refractivity contribution in [2.24, 2.45) is 0 Å². The first-order chi connectivity index (χ1) is 9.15. The van der Waals surface area contributed by atoms with Crippen molar-refractivity contribution in [3.8, 4) is 0 Å². The zero-order chi connectivity index (χ0) is 13.4. The van der Waals surface area contributed by atoms with Gasteiger partial charge in [-0.05, 0) is 25.7 Å². The van der Waals surface area contributed by atoms with Gasteiger partial charge in [-0.25, -0.2) is 0 Å². The third kappa shape index (κ3) is 2.52. The SMILES string of the molecule is O=C(NC1CC1)C1CCCN1c1nnc(C(F)F)o1. The highest BCUT2D eigenvalue weighted by Gasteiger charge is 2.36. The van der Waals surface area contributed by atoms with Crippen molar-refractivity contribution in [1.29, 1.82) is 0 Å². The summed E-state index contributed by atoms with van der Waals surface area (Å²) in [4.78, 5) is 13.6. The summed E-state index contributed by atoms with van der Waals surface area (Å²) in [5.74, 6) is -0.792. The van der Waals surface area contributed by atoms with Crippen molar-refractivity contribution >= 4 is 11.9 Å². The Morgan fingerprint density at radius 1 is 1.37 bits per heavy atom. The highest BCUT2D eigenvalue weighted by molar-refractivity contribution is 5.85. The second kappa shape index (κ2) is 4.75. The van der Waals surface area contributed by atoms with Crippen LogP contribution in [-0.2, 0) is 4.79 Å². The molecule has 2 heterocycles. The standard InChI is InChI=1S/C11H14F2N4O2/c12-8(13)10-15-16-11(19-10)17-5-1-2-7(17)9(18)14-6-3-4-6/h6-8H,1-5H2,(H,14,18). The molecule has 1 saturated heterocycles. The molecule has 104 valence electrons. The van der Waals surface area contributed by atoms with Gasteiger partial charge in [0.05, 0.1) is 0 Å². The first-order valence-electron chi connectivity index (χ1n) is 6.33. The van der Waals surface area contributed by atoms with Gasteiger partial charge in [0.1, 0.15) is 6.04 Å². The van der Waals surface area contributed by atoms with Crippen molar-refractivity contribution in [3.63, 3.8) is 0 Å². The number of aromatic nitrogens is 2. The minimum absolute atomic E-state index is 0.00347. The Morgan fingerprint density at radius 3 is 2.79 bits per heavy atom. The molecule has 2 aliphatic rings. The molecule has 2 fully saturated rings. The van der Waals surface area contributed by atoms with Gasteiger partial charge < -0.3 is 14.6 Å². The molecule has 1 saturated carbocycles. The van der Waals surface area contributed by atoms with Crippen molar-refractivity contribution in [2.75, 3.05) is 11.4 Å². The minimum atomic E-state index is -2.79. The number of nitrogens with one attached hydrogen (secondary N) is 1. The van der Waals surface area contributed by atoms with Gasteiger partial charge in [-0.15, -0.1) is 5.10 Å². The number of carbonyl (C=O) groups is 1. The van der Waals surface area contributed by atoms with E-state index in [9.17, 15) is 13.6 Å². The molecular weight excluding hydrogens is 258 g/mol. The Bertz CT molecular complexity index is 475. The van der Waals surface area contributed by atoms with Crippen LogP contribution in [0.1, 0.15) is 38.0 Å². The molecular formula is C11H14F2N4O2. The van der Waals surface area contributed by atoms with Crippen molar-refractivity contribution in [2.45, 2.75) is 44.2 Å². The average Bonchev–Trinajstić information content (AvgIpc) is 2.92. The van der Waals surface area contributed by atoms with Gasteiger partial charge in [-0.2, -0.15) is 8.78 Å². The number of carbonyl (C=O) groups excluding carboxylic acids is 1. The van der Waals surface area contributed by atoms with Crippen LogP contribution < -0.4 is 10.2 Å². The number of rotatable bonds is 4. The number of nitrogens with zero attached hydrogens (tertiary/aromatic N) is 3. The summed E-state index contributed by atoms with van der Waals surface area (Å²) in [5, 5.41) is 9.79. The molecule has 1 amide bonds. The molecule has 1 N–H and O–H groups in total. The highest BCUT2D eigenvalue weighted by Crippen LogP contribution is 2.28. The van der Waals surface area contributed by atoms with Crippen LogP contribution in [0, 0.1) is 0 Å². The molecule has 3 rings (SSSR count). The third-order valence-corrected chi connectivity index (χ3v) is 3.34. The molecule has 1 unspecified atom stereocenters. The lowest BCUT2D eigenvalue weighted by Gasteiger charge is -2.21. The summed E-state index contributed by atoms with van der Waals surface area (Å²) < 4.78 is 29.7. The van der Waals surface area contributed by atoms with Crippen LogP contribution in [0.3, 0.4) is 0 Å². The lowest BCUT2D eigenvalue weighted by molar-refractivity contribution is -0.122. The topological polar surface area (TPSA) is 71.3 Å². The zero-order valence-electron chi connectivity index (χ0n) is 10.2. The monoisotopic (exact) mass is 272 g/mol. The molecule has 1 aromatic rings. The molecule has 8 heteroatoms. The lowest BCUT2D eigenvalue weighted by atomic mass is 10.2. The third-order valence-electron chi connectivity index (χ3n) is 3.34. The van der Waals surface area contributed by atoms with E-state index in [0.717, 1.165) is 19.3 Å². The minimum Gasteiger partial charge on any atom is -0.402 e. The number of alkyl halides is 2. The second-order valence-corrected chi connectivity index (χ2v) is 4.86. The van der Waals surface area contributed by atoms with Crippen LogP contribution in [0.5, 0.6) is 0 Å². The van der Waals surface area contributed by atoms with E-state index in [2.05, 4.69) is 15.5 Å². The Kier molecular flexibility index (Phi) is 3.08. The summed E-state index contributed by atoms with van der Waals surface area (Å²) in [6.45, 7) is 0.563. The summed E-state index contributed by atoms with van der Waals surface area (Å²) in [6.07, 6.45) is 0.700. The van der Waals surface area contributed by atoms with Crippen LogP contribution >= 0.6 is 0 Å². The van der Waals surface area contributed by atoms with E-state index in [1.165, 1.54) is 0 Å². The molecule has 6 nitrogen and oxygen atoms in total. The second-order valence-electron chi connectivity index (χ2n) is 4.86. The average molecular weight is 272 g/mol. The maximum Gasteiger partial charge on any atom is 0.319 e. The first kappa shape index (κ1) is 12.3. The van der Waals surface area contributed by atoms with Gasteiger partial charge in [0.2, 0.25) is 5.91 Å². The normalized spacial score (nSPS) is 23.1. The van der Waals surface area contributed by atoms with Crippen LogP contribution in [0.4, 0.5) is 14.8 Å². The molecule has 0 spiro atoms. The molecule has 1 aliphatic carbocycles. The Balaban J connectivity index is 1.72. The van der Waals surface area contributed by atoms with Gasteiger partial charge in [-0.1, -0.05) is 5.10 Å². The predicted molar refractivity (Wildman–Crippen MR) is 60.8 cm³/mol. The number of hydrogen-bond donors (Lipinski definition) is 1. The largest absolute Gasteiger partial charge is 0.402 e. The smallest absolute Gasteiger partial charge is 0.319 e. The fraction of sp³-hybridized carbons (Fsp3) is 0.727. The van der Waals surface area contributed by atoms with Crippen LogP contribution in [0.25, 0.3) is 0 Å². The summed E-state index contributed by atoms with van der Waals surface area (Å²) >= 11 is 0. The molecule has 0 radical (unpaired) electrons.